The van der Waals surface area contributed by atoms with Crippen LogP contribution in [0, 0.1) is 6.92 Å². The number of carbonyl (C=O) groups is 2. The van der Waals surface area contributed by atoms with Gasteiger partial charge in [0.1, 0.15) is 0 Å². The Hall–Kier alpha value is -1.95. The quantitative estimate of drug-likeness (QED) is 0.793. The number of nitrogens with two attached hydrogens (primary N) is 2. The molecule has 1 aromatic rings. The third-order valence-electron chi connectivity index (χ3n) is 3.76. The average molecular weight is 290 g/mol. The Kier molecular flexibility index (Phi) is 4.90. The van der Waals surface area contributed by atoms with Crippen molar-refractivity contribution in [1.82, 2.24) is 9.88 Å². The van der Waals surface area contributed by atoms with Crippen LogP contribution in [0.5, 0.6) is 0 Å². The maximum absolute atomic E-state index is 11.2. The minimum Gasteiger partial charge on any atom is -0.370 e. The van der Waals surface area contributed by atoms with Crippen molar-refractivity contribution in [3.8, 4) is 0 Å². The maximum Gasteiger partial charge on any atom is 0.231 e. The van der Waals surface area contributed by atoms with E-state index >= 15 is 0 Å². The fourth-order valence-corrected chi connectivity index (χ4v) is 2.90. The van der Waals surface area contributed by atoms with Gasteiger partial charge in [0.05, 0.1) is 18.3 Å². The average Bonchev–Trinajstić information content (AvgIpc) is 2.83. The zero-order valence-corrected chi connectivity index (χ0v) is 12.3. The third-order valence-corrected chi connectivity index (χ3v) is 3.76. The summed E-state index contributed by atoms with van der Waals surface area (Å²) >= 11 is 0. The highest BCUT2D eigenvalue weighted by atomic mass is 16.1. The van der Waals surface area contributed by atoms with E-state index in [1.807, 2.05) is 19.1 Å². The number of hydrogen-bond donors (Lipinski definition) is 2. The number of hydrogen-bond acceptors (Lipinski definition) is 4. The van der Waals surface area contributed by atoms with E-state index in [-0.39, 0.29) is 24.4 Å². The summed E-state index contributed by atoms with van der Waals surface area (Å²) in [6, 6.07) is 4.12. The van der Waals surface area contributed by atoms with Crippen molar-refractivity contribution >= 4 is 11.8 Å². The maximum atomic E-state index is 11.2. The topological polar surface area (TPSA) is 102 Å². The number of carbonyl (C=O) groups excluding carboxylic acids is 2. The molecule has 1 aromatic heterocycles. The lowest BCUT2D eigenvalue weighted by Gasteiger charge is -2.23. The number of primary amides is 2. The summed E-state index contributed by atoms with van der Waals surface area (Å²) in [5.41, 5.74) is 13.4. The van der Waals surface area contributed by atoms with Crippen LogP contribution in [0.2, 0.25) is 0 Å². The fourth-order valence-electron chi connectivity index (χ4n) is 2.90. The van der Waals surface area contributed by atoms with Crippen molar-refractivity contribution in [1.29, 1.82) is 0 Å². The fraction of sp³-hybridized carbons (Fsp3) is 0.533. The van der Waals surface area contributed by atoms with Crippen molar-refractivity contribution in [3.63, 3.8) is 0 Å². The van der Waals surface area contributed by atoms with Gasteiger partial charge in [0, 0.05) is 12.1 Å². The number of aryl methyl sites for hydroxylation is 2. The molecule has 2 heterocycles. The number of aromatic nitrogens is 1. The van der Waals surface area contributed by atoms with Crippen molar-refractivity contribution in [2.45, 2.75) is 38.6 Å². The highest BCUT2D eigenvalue weighted by molar-refractivity contribution is 5.76. The molecule has 6 heteroatoms. The molecule has 0 aromatic carbocycles. The van der Waals surface area contributed by atoms with Crippen LogP contribution in [-0.2, 0) is 16.0 Å². The number of rotatable bonds is 6. The van der Waals surface area contributed by atoms with Gasteiger partial charge in [-0.1, -0.05) is 0 Å². The Balaban J connectivity index is 2.18. The number of nitrogens with zero attached hydrogens (tertiary/aromatic N) is 2. The summed E-state index contributed by atoms with van der Waals surface area (Å²) < 4.78 is 0. The zero-order chi connectivity index (χ0) is 15.4. The Labute approximate surface area is 124 Å². The minimum absolute atomic E-state index is 0.129. The molecule has 0 spiro atoms. The van der Waals surface area contributed by atoms with E-state index in [1.54, 1.807) is 0 Å². The molecule has 0 saturated carbocycles. The van der Waals surface area contributed by atoms with E-state index in [0.717, 1.165) is 36.3 Å². The van der Waals surface area contributed by atoms with E-state index in [4.69, 9.17) is 11.5 Å². The smallest absolute Gasteiger partial charge is 0.231 e. The van der Waals surface area contributed by atoms with Gasteiger partial charge >= 0.3 is 0 Å². The highest BCUT2D eigenvalue weighted by Gasteiger charge is 2.28. The summed E-state index contributed by atoms with van der Waals surface area (Å²) in [7, 11) is 0. The monoisotopic (exact) mass is 290 g/mol. The van der Waals surface area contributed by atoms with Gasteiger partial charge in [0.2, 0.25) is 11.8 Å². The SMILES string of the molecule is Cc1cc(CCC(N)=O)cc(C2CCCN2CC(N)=O)n1. The molecule has 1 atom stereocenters. The molecular weight excluding hydrogens is 268 g/mol. The molecule has 0 bridgehead atoms. The Morgan fingerprint density at radius 1 is 1.33 bits per heavy atom. The number of pyridine rings is 1. The molecule has 2 rings (SSSR count). The van der Waals surface area contributed by atoms with E-state index in [1.165, 1.54) is 0 Å². The van der Waals surface area contributed by atoms with E-state index in [9.17, 15) is 9.59 Å². The van der Waals surface area contributed by atoms with Crippen molar-refractivity contribution in [3.05, 3.63) is 29.1 Å². The Morgan fingerprint density at radius 2 is 2.10 bits per heavy atom. The van der Waals surface area contributed by atoms with Crippen LogP contribution < -0.4 is 11.5 Å². The first-order chi connectivity index (χ1) is 9.95. The zero-order valence-electron chi connectivity index (χ0n) is 12.3. The lowest BCUT2D eigenvalue weighted by Crippen LogP contribution is -2.33. The van der Waals surface area contributed by atoms with Crippen molar-refractivity contribution in [2.75, 3.05) is 13.1 Å². The second-order valence-electron chi connectivity index (χ2n) is 5.60. The molecule has 2 amide bonds. The molecule has 1 fully saturated rings. The van der Waals surface area contributed by atoms with Gasteiger partial charge in [0.15, 0.2) is 0 Å². The lowest BCUT2D eigenvalue weighted by atomic mass is 10.0. The van der Waals surface area contributed by atoms with Crippen LogP contribution in [-0.4, -0.2) is 34.8 Å². The van der Waals surface area contributed by atoms with Crippen molar-refractivity contribution < 1.29 is 9.59 Å². The predicted molar refractivity (Wildman–Crippen MR) is 79.2 cm³/mol. The van der Waals surface area contributed by atoms with E-state index in [2.05, 4.69) is 9.88 Å². The first-order valence-electron chi connectivity index (χ1n) is 7.24. The number of likely N-dealkylation sites (tertiary alicyclic amines) is 1. The first-order valence-corrected chi connectivity index (χ1v) is 7.24. The van der Waals surface area contributed by atoms with Gasteiger partial charge in [-0.3, -0.25) is 19.5 Å². The minimum atomic E-state index is -0.316. The van der Waals surface area contributed by atoms with E-state index < -0.39 is 0 Å². The summed E-state index contributed by atoms with van der Waals surface area (Å²) in [5, 5.41) is 0. The molecular formula is C15H22N4O2. The second kappa shape index (κ2) is 6.67. The summed E-state index contributed by atoms with van der Waals surface area (Å²) in [6.07, 6.45) is 2.95. The van der Waals surface area contributed by atoms with Gasteiger partial charge in [-0.05, 0) is 50.4 Å². The molecule has 0 radical (unpaired) electrons. The van der Waals surface area contributed by atoms with Crippen LogP contribution in [0.4, 0.5) is 0 Å². The van der Waals surface area contributed by atoms with Crippen LogP contribution in [0.25, 0.3) is 0 Å². The van der Waals surface area contributed by atoms with Gasteiger partial charge < -0.3 is 11.5 Å². The standard InChI is InChI=1S/C15H22N4O2/c1-10-7-11(4-5-14(16)20)8-12(18-10)13-3-2-6-19(13)9-15(17)21/h7-8,13H,2-6,9H2,1H3,(H2,16,20)(H2,17,21). The molecule has 1 aliphatic rings. The van der Waals surface area contributed by atoms with Gasteiger partial charge in [-0.2, -0.15) is 0 Å². The molecule has 6 nitrogen and oxygen atoms in total. The molecule has 21 heavy (non-hydrogen) atoms. The molecule has 1 aliphatic heterocycles. The predicted octanol–water partition coefficient (Wildman–Crippen LogP) is 0.430. The first kappa shape index (κ1) is 15.4. The largest absolute Gasteiger partial charge is 0.370 e. The van der Waals surface area contributed by atoms with Crippen LogP contribution in [0.3, 0.4) is 0 Å². The highest BCUT2D eigenvalue weighted by Crippen LogP contribution is 2.31. The second-order valence-corrected chi connectivity index (χ2v) is 5.60. The van der Waals surface area contributed by atoms with Crippen molar-refractivity contribution in [2.24, 2.45) is 11.5 Å². The Morgan fingerprint density at radius 3 is 2.76 bits per heavy atom. The molecule has 0 aliphatic carbocycles. The normalized spacial score (nSPS) is 18.8. The van der Waals surface area contributed by atoms with Gasteiger partial charge in [-0.15, -0.1) is 0 Å². The Bertz CT molecular complexity index is 544. The van der Waals surface area contributed by atoms with Crippen LogP contribution in [0.1, 0.15) is 42.3 Å². The number of amides is 2. The summed E-state index contributed by atoms with van der Waals surface area (Å²) in [5.74, 6) is -0.620. The van der Waals surface area contributed by atoms with Crippen LogP contribution >= 0.6 is 0 Å². The van der Waals surface area contributed by atoms with E-state index in [0.29, 0.717) is 12.8 Å². The summed E-state index contributed by atoms with van der Waals surface area (Å²) in [6.45, 7) is 3.06. The lowest BCUT2D eigenvalue weighted by molar-refractivity contribution is -0.119. The molecule has 1 saturated heterocycles. The molecule has 114 valence electrons. The van der Waals surface area contributed by atoms with Gasteiger partial charge in [0.25, 0.3) is 0 Å². The third kappa shape index (κ3) is 4.26. The molecule has 4 N–H and O–H groups in total. The molecule has 1 unspecified atom stereocenters. The van der Waals surface area contributed by atoms with Gasteiger partial charge in [-0.25, -0.2) is 0 Å². The summed E-state index contributed by atoms with van der Waals surface area (Å²) in [4.78, 5) is 28.7. The van der Waals surface area contributed by atoms with Crippen LogP contribution in [0.15, 0.2) is 12.1 Å².